The molecule has 0 bridgehead atoms. The first-order valence-corrected chi connectivity index (χ1v) is 7.45. The summed E-state index contributed by atoms with van der Waals surface area (Å²) >= 11 is 4.43. The zero-order valence-electron chi connectivity index (χ0n) is 11.2. The first-order chi connectivity index (χ1) is 7.74. The van der Waals surface area contributed by atoms with Crippen LogP contribution in [-0.4, -0.2) is 54.3 Å². The molecule has 0 spiro atoms. The van der Waals surface area contributed by atoms with Gasteiger partial charge in [-0.25, -0.2) is 0 Å². The van der Waals surface area contributed by atoms with Gasteiger partial charge in [0, 0.05) is 19.1 Å². The van der Waals surface area contributed by atoms with Gasteiger partial charge in [-0.3, -0.25) is 4.90 Å². The Balaban J connectivity index is 2.34. The fourth-order valence-electron chi connectivity index (χ4n) is 2.70. The summed E-state index contributed by atoms with van der Waals surface area (Å²) in [7, 11) is 0. The van der Waals surface area contributed by atoms with Crippen LogP contribution in [0.1, 0.15) is 33.6 Å². The Hall–Kier alpha value is 0.270. The van der Waals surface area contributed by atoms with Crippen LogP contribution in [0, 0.1) is 5.92 Å². The molecule has 96 valence electrons. The van der Waals surface area contributed by atoms with Gasteiger partial charge < -0.3 is 4.90 Å². The Morgan fingerprint density at radius 3 is 2.50 bits per heavy atom. The number of likely N-dealkylation sites (N-methyl/N-ethyl adjacent to an activating group) is 1. The molecule has 1 fully saturated rings. The number of likely N-dealkylation sites (tertiary alicyclic amines) is 1. The van der Waals surface area contributed by atoms with Crippen LogP contribution in [0.15, 0.2) is 0 Å². The van der Waals surface area contributed by atoms with E-state index in [1.807, 2.05) is 0 Å². The smallest absolute Gasteiger partial charge is 0.0235 e. The van der Waals surface area contributed by atoms with Crippen molar-refractivity contribution in [3.05, 3.63) is 0 Å². The quantitative estimate of drug-likeness (QED) is 0.687. The van der Waals surface area contributed by atoms with Gasteiger partial charge in [-0.2, -0.15) is 12.6 Å². The normalized spacial score (nSPS) is 24.2. The summed E-state index contributed by atoms with van der Waals surface area (Å²) in [5, 5.41) is 0. The molecule has 0 N–H and O–H groups in total. The number of nitrogens with zero attached hydrogens (tertiary/aromatic N) is 2. The summed E-state index contributed by atoms with van der Waals surface area (Å²) in [5.74, 6) is 1.81. The molecule has 0 aromatic carbocycles. The van der Waals surface area contributed by atoms with Gasteiger partial charge in [0.15, 0.2) is 0 Å². The minimum Gasteiger partial charge on any atom is -0.301 e. The minimum absolute atomic E-state index is 0.777. The van der Waals surface area contributed by atoms with Crippen LogP contribution in [0.4, 0.5) is 0 Å². The van der Waals surface area contributed by atoms with Crippen LogP contribution < -0.4 is 0 Å². The van der Waals surface area contributed by atoms with E-state index in [1.165, 1.54) is 45.6 Å². The molecule has 1 saturated heterocycles. The third kappa shape index (κ3) is 3.94. The molecular weight excluding hydrogens is 216 g/mol. The molecule has 0 aliphatic carbocycles. The predicted molar refractivity (Wildman–Crippen MR) is 75.4 cm³/mol. The number of thiol groups is 1. The van der Waals surface area contributed by atoms with Crippen molar-refractivity contribution in [1.82, 2.24) is 9.80 Å². The number of hydrogen-bond acceptors (Lipinski definition) is 3. The molecule has 0 saturated carbocycles. The van der Waals surface area contributed by atoms with Crippen molar-refractivity contribution in [2.45, 2.75) is 39.7 Å². The van der Waals surface area contributed by atoms with Gasteiger partial charge in [0.2, 0.25) is 0 Å². The molecular formula is C13H28N2S. The predicted octanol–water partition coefficient (Wildman–Crippen LogP) is 2.36. The molecule has 2 atom stereocenters. The van der Waals surface area contributed by atoms with Gasteiger partial charge >= 0.3 is 0 Å². The second kappa shape index (κ2) is 7.57. The molecule has 1 rings (SSSR count). The first-order valence-electron chi connectivity index (χ1n) is 6.82. The standard InChI is InChI=1S/C13H28N2S/c1-4-12(11-16)9-14-8-7-13(10-14)15(5-2)6-3/h12-13,16H,4-11H2,1-3H3. The summed E-state index contributed by atoms with van der Waals surface area (Å²) in [6.45, 7) is 13.0. The second-order valence-electron chi connectivity index (χ2n) is 4.88. The lowest BCUT2D eigenvalue weighted by molar-refractivity contribution is 0.203. The Morgan fingerprint density at radius 1 is 1.31 bits per heavy atom. The average molecular weight is 244 g/mol. The van der Waals surface area contributed by atoms with E-state index >= 15 is 0 Å². The van der Waals surface area contributed by atoms with E-state index in [9.17, 15) is 0 Å². The van der Waals surface area contributed by atoms with E-state index < -0.39 is 0 Å². The highest BCUT2D eigenvalue weighted by atomic mass is 32.1. The van der Waals surface area contributed by atoms with E-state index in [2.05, 4.69) is 43.2 Å². The minimum atomic E-state index is 0.777. The zero-order valence-corrected chi connectivity index (χ0v) is 12.0. The molecule has 1 aliphatic rings. The molecule has 2 nitrogen and oxygen atoms in total. The van der Waals surface area contributed by atoms with Crippen molar-refractivity contribution < 1.29 is 0 Å². The second-order valence-corrected chi connectivity index (χ2v) is 5.25. The maximum Gasteiger partial charge on any atom is 0.0235 e. The molecule has 3 heteroatoms. The van der Waals surface area contributed by atoms with Crippen LogP contribution in [0.2, 0.25) is 0 Å². The molecule has 0 radical (unpaired) electrons. The largest absolute Gasteiger partial charge is 0.301 e. The molecule has 0 amide bonds. The Labute approximate surface area is 107 Å². The van der Waals surface area contributed by atoms with Crippen molar-refractivity contribution >= 4 is 12.6 Å². The summed E-state index contributed by atoms with van der Waals surface area (Å²) in [6, 6.07) is 0.799. The van der Waals surface area contributed by atoms with E-state index in [1.54, 1.807) is 0 Å². The summed E-state index contributed by atoms with van der Waals surface area (Å²) in [4.78, 5) is 5.23. The van der Waals surface area contributed by atoms with E-state index in [0.29, 0.717) is 0 Å². The van der Waals surface area contributed by atoms with Gasteiger partial charge in [0.1, 0.15) is 0 Å². The highest BCUT2D eigenvalue weighted by Crippen LogP contribution is 2.18. The topological polar surface area (TPSA) is 6.48 Å². The zero-order chi connectivity index (χ0) is 12.0. The van der Waals surface area contributed by atoms with Crippen molar-refractivity contribution in [3.8, 4) is 0 Å². The molecule has 0 aromatic heterocycles. The lowest BCUT2D eigenvalue weighted by atomic mass is 10.1. The van der Waals surface area contributed by atoms with Gasteiger partial charge in [0.05, 0.1) is 0 Å². The first kappa shape index (κ1) is 14.3. The van der Waals surface area contributed by atoms with Crippen molar-refractivity contribution in [2.24, 2.45) is 5.92 Å². The van der Waals surface area contributed by atoms with Crippen LogP contribution in [-0.2, 0) is 0 Å². The van der Waals surface area contributed by atoms with Crippen molar-refractivity contribution in [3.63, 3.8) is 0 Å². The SMILES string of the molecule is CCC(CS)CN1CCC(N(CC)CC)C1. The van der Waals surface area contributed by atoms with Crippen molar-refractivity contribution in [2.75, 3.05) is 38.5 Å². The van der Waals surface area contributed by atoms with E-state index in [-0.39, 0.29) is 0 Å². The lowest BCUT2D eigenvalue weighted by Gasteiger charge is -2.27. The van der Waals surface area contributed by atoms with Gasteiger partial charge in [-0.1, -0.05) is 27.2 Å². The third-order valence-electron chi connectivity index (χ3n) is 3.93. The third-order valence-corrected chi connectivity index (χ3v) is 4.44. The Bertz CT molecular complexity index is 179. The van der Waals surface area contributed by atoms with Gasteiger partial charge in [-0.15, -0.1) is 0 Å². The summed E-state index contributed by atoms with van der Waals surface area (Å²) in [6.07, 6.45) is 2.61. The lowest BCUT2D eigenvalue weighted by Crippen LogP contribution is -2.38. The van der Waals surface area contributed by atoms with Crippen LogP contribution in [0.5, 0.6) is 0 Å². The fourth-order valence-corrected chi connectivity index (χ4v) is 3.07. The Kier molecular flexibility index (Phi) is 6.78. The van der Waals surface area contributed by atoms with Gasteiger partial charge in [0.25, 0.3) is 0 Å². The maximum absolute atomic E-state index is 4.43. The molecule has 1 heterocycles. The number of rotatable bonds is 7. The maximum atomic E-state index is 4.43. The highest BCUT2D eigenvalue weighted by molar-refractivity contribution is 7.80. The average Bonchev–Trinajstić information content (AvgIpc) is 2.76. The monoisotopic (exact) mass is 244 g/mol. The van der Waals surface area contributed by atoms with Crippen LogP contribution >= 0.6 is 12.6 Å². The Morgan fingerprint density at radius 2 is 2.00 bits per heavy atom. The van der Waals surface area contributed by atoms with Gasteiger partial charge in [-0.05, 0) is 37.7 Å². The highest BCUT2D eigenvalue weighted by Gasteiger charge is 2.26. The molecule has 2 unspecified atom stereocenters. The summed E-state index contributed by atoms with van der Waals surface area (Å²) in [5.41, 5.74) is 0. The molecule has 1 aliphatic heterocycles. The summed E-state index contributed by atoms with van der Waals surface area (Å²) < 4.78 is 0. The fraction of sp³-hybridized carbons (Fsp3) is 1.00. The van der Waals surface area contributed by atoms with Crippen LogP contribution in [0.25, 0.3) is 0 Å². The number of hydrogen-bond donors (Lipinski definition) is 1. The van der Waals surface area contributed by atoms with E-state index in [4.69, 9.17) is 0 Å². The van der Waals surface area contributed by atoms with Crippen LogP contribution in [0.3, 0.4) is 0 Å². The molecule has 16 heavy (non-hydrogen) atoms. The van der Waals surface area contributed by atoms with E-state index in [0.717, 1.165) is 17.7 Å². The van der Waals surface area contributed by atoms with Crippen molar-refractivity contribution in [1.29, 1.82) is 0 Å². The molecule has 0 aromatic rings.